The van der Waals surface area contributed by atoms with Crippen molar-refractivity contribution in [3.05, 3.63) is 0 Å². The van der Waals surface area contributed by atoms with Gasteiger partial charge >= 0.3 is 0 Å². The zero-order valence-electron chi connectivity index (χ0n) is 11.1. The van der Waals surface area contributed by atoms with Gasteiger partial charge in [-0.25, -0.2) is 8.42 Å². The number of hydrogen-bond acceptors (Lipinski definition) is 3. The molecule has 0 aromatic heterocycles. The van der Waals surface area contributed by atoms with Gasteiger partial charge in [0.2, 0.25) is 0 Å². The van der Waals surface area contributed by atoms with Crippen molar-refractivity contribution in [1.82, 2.24) is 0 Å². The van der Waals surface area contributed by atoms with Gasteiger partial charge in [-0.15, -0.1) is 0 Å². The van der Waals surface area contributed by atoms with E-state index in [1.54, 1.807) is 0 Å². The average Bonchev–Trinajstić information content (AvgIpc) is 3.09. The normalized spacial score (nSPS) is 36.4. The molecule has 0 saturated heterocycles. The van der Waals surface area contributed by atoms with E-state index in [0.29, 0.717) is 28.8 Å². The molecule has 3 fully saturated rings. The van der Waals surface area contributed by atoms with Crippen LogP contribution >= 0.6 is 0 Å². The lowest BCUT2D eigenvalue weighted by Gasteiger charge is -2.47. The third-order valence-electron chi connectivity index (χ3n) is 4.97. The molecule has 104 valence electrons. The average molecular weight is 271 g/mol. The monoisotopic (exact) mass is 271 g/mol. The van der Waals surface area contributed by atoms with Gasteiger partial charge in [-0.2, -0.15) is 0 Å². The summed E-state index contributed by atoms with van der Waals surface area (Å²) in [5, 5.41) is 0. The van der Waals surface area contributed by atoms with Gasteiger partial charge in [-0.05, 0) is 61.8 Å². The summed E-state index contributed by atoms with van der Waals surface area (Å²) >= 11 is 0. The molecule has 0 bridgehead atoms. The fourth-order valence-corrected chi connectivity index (χ4v) is 5.85. The molecule has 3 nitrogen and oxygen atoms in total. The summed E-state index contributed by atoms with van der Waals surface area (Å²) in [6.45, 7) is 0.753. The minimum absolute atomic E-state index is 0.306. The van der Waals surface area contributed by atoms with Crippen molar-refractivity contribution >= 4 is 9.84 Å². The highest BCUT2D eigenvalue weighted by atomic mass is 32.2. The zero-order valence-corrected chi connectivity index (χ0v) is 11.9. The summed E-state index contributed by atoms with van der Waals surface area (Å²) in [6, 6.07) is 0. The molecule has 0 atom stereocenters. The van der Waals surface area contributed by atoms with Crippen LogP contribution in [0.3, 0.4) is 0 Å². The Bertz CT molecular complexity index is 404. The molecule has 2 N–H and O–H groups in total. The molecular formula is C14H25NO2S. The Labute approximate surface area is 110 Å². The fourth-order valence-electron chi connectivity index (χ4n) is 3.70. The maximum atomic E-state index is 12.0. The van der Waals surface area contributed by atoms with Crippen LogP contribution in [0.5, 0.6) is 0 Å². The number of sulfone groups is 1. The largest absolute Gasteiger partial charge is 0.330 e. The lowest BCUT2D eigenvalue weighted by Crippen LogP contribution is -2.46. The van der Waals surface area contributed by atoms with Crippen LogP contribution in [-0.4, -0.2) is 26.5 Å². The van der Waals surface area contributed by atoms with Gasteiger partial charge in [0.15, 0.2) is 9.84 Å². The van der Waals surface area contributed by atoms with E-state index in [9.17, 15) is 8.42 Å². The van der Waals surface area contributed by atoms with Crippen molar-refractivity contribution in [1.29, 1.82) is 0 Å². The predicted octanol–water partition coefficient (Wildman–Crippen LogP) is 1.97. The smallest absolute Gasteiger partial charge is 0.150 e. The Morgan fingerprint density at radius 1 is 0.944 bits per heavy atom. The van der Waals surface area contributed by atoms with Crippen LogP contribution in [0.2, 0.25) is 0 Å². The van der Waals surface area contributed by atoms with E-state index in [4.69, 9.17) is 5.73 Å². The molecule has 0 heterocycles. The lowest BCUT2D eigenvalue weighted by atomic mass is 9.60. The van der Waals surface area contributed by atoms with Crippen LogP contribution in [0.1, 0.15) is 44.9 Å². The summed E-state index contributed by atoms with van der Waals surface area (Å²) < 4.78 is 24.0. The van der Waals surface area contributed by atoms with Crippen molar-refractivity contribution < 1.29 is 8.42 Å². The van der Waals surface area contributed by atoms with E-state index in [0.717, 1.165) is 38.1 Å². The summed E-state index contributed by atoms with van der Waals surface area (Å²) in [7, 11) is -2.79. The zero-order chi connectivity index (χ0) is 12.8. The van der Waals surface area contributed by atoms with Crippen molar-refractivity contribution in [2.24, 2.45) is 28.9 Å². The fraction of sp³-hybridized carbons (Fsp3) is 1.00. The third kappa shape index (κ3) is 3.08. The highest BCUT2D eigenvalue weighted by Crippen LogP contribution is 2.53. The molecule has 0 spiro atoms. The molecule has 0 aromatic rings. The van der Waals surface area contributed by atoms with Crippen LogP contribution in [0.15, 0.2) is 0 Å². The molecule has 0 unspecified atom stereocenters. The standard InChI is InChI=1S/C14H25NO2S/c15-10-14(5-11-1-2-11)6-13(7-14)9-18(16,17)8-12-3-4-12/h11-13H,1-10,15H2. The van der Waals surface area contributed by atoms with Gasteiger partial charge < -0.3 is 5.73 Å². The van der Waals surface area contributed by atoms with Gasteiger partial charge in [0.05, 0.1) is 11.5 Å². The second-order valence-corrected chi connectivity index (χ2v) is 9.30. The number of nitrogens with two attached hydrogens (primary N) is 1. The Morgan fingerprint density at radius 2 is 1.50 bits per heavy atom. The molecule has 4 heteroatoms. The number of rotatable bonds is 7. The van der Waals surface area contributed by atoms with E-state index < -0.39 is 9.84 Å². The van der Waals surface area contributed by atoms with E-state index >= 15 is 0 Å². The first kappa shape index (κ1) is 12.9. The van der Waals surface area contributed by atoms with Gasteiger partial charge in [-0.3, -0.25) is 0 Å². The molecule has 3 aliphatic rings. The quantitative estimate of drug-likeness (QED) is 0.770. The topological polar surface area (TPSA) is 60.2 Å². The summed E-state index contributed by atoms with van der Waals surface area (Å²) in [4.78, 5) is 0. The minimum atomic E-state index is -2.79. The van der Waals surface area contributed by atoms with Crippen molar-refractivity contribution in [2.45, 2.75) is 44.9 Å². The minimum Gasteiger partial charge on any atom is -0.330 e. The summed E-state index contributed by atoms with van der Waals surface area (Å²) in [5.74, 6) is 2.66. The van der Waals surface area contributed by atoms with E-state index in [-0.39, 0.29) is 0 Å². The highest BCUT2D eigenvalue weighted by molar-refractivity contribution is 7.91. The van der Waals surface area contributed by atoms with Crippen LogP contribution < -0.4 is 5.73 Å². The third-order valence-corrected chi connectivity index (χ3v) is 6.93. The van der Waals surface area contributed by atoms with Crippen LogP contribution in [0.25, 0.3) is 0 Å². The Balaban J connectivity index is 1.48. The Morgan fingerprint density at radius 3 is 2.00 bits per heavy atom. The molecule has 3 rings (SSSR count). The maximum Gasteiger partial charge on any atom is 0.150 e. The molecule has 3 aliphatic carbocycles. The van der Waals surface area contributed by atoms with Gasteiger partial charge in [0.1, 0.15) is 0 Å². The molecule has 0 aliphatic heterocycles. The van der Waals surface area contributed by atoms with Crippen molar-refractivity contribution in [3.8, 4) is 0 Å². The Hall–Kier alpha value is -0.0900. The Kier molecular flexibility index (Phi) is 3.22. The first-order chi connectivity index (χ1) is 8.50. The van der Waals surface area contributed by atoms with Gasteiger partial charge in [0, 0.05) is 0 Å². The predicted molar refractivity (Wildman–Crippen MR) is 72.9 cm³/mol. The van der Waals surface area contributed by atoms with Crippen LogP contribution in [0, 0.1) is 23.2 Å². The SMILES string of the molecule is NCC1(CC2CC2)CC(CS(=O)(=O)CC2CC2)C1. The van der Waals surface area contributed by atoms with Gasteiger partial charge in [-0.1, -0.05) is 12.8 Å². The first-order valence-corrected chi connectivity index (χ1v) is 9.23. The molecule has 0 radical (unpaired) electrons. The summed E-state index contributed by atoms with van der Waals surface area (Å²) in [6.07, 6.45) is 8.35. The van der Waals surface area contributed by atoms with Crippen molar-refractivity contribution in [3.63, 3.8) is 0 Å². The summed E-state index contributed by atoms with van der Waals surface area (Å²) in [5.41, 5.74) is 6.22. The van der Waals surface area contributed by atoms with E-state index in [1.807, 2.05) is 0 Å². The second kappa shape index (κ2) is 4.48. The molecular weight excluding hydrogens is 246 g/mol. The van der Waals surface area contributed by atoms with Crippen LogP contribution in [-0.2, 0) is 9.84 Å². The van der Waals surface area contributed by atoms with E-state index in [2.05, 4.69) is 0 Å². The maximum absolute atomic E-state index is 12.0. The van der Waals surface area contributed by atoms with Crippen LogP contribution in [0.4, 0.5) is 0 Å². The number of hydrogen-bond donors (Lipinski definition) is 1. The lowest BCUT2D eigenvalue weighted by molar-refractivity contribution is 0.0607. The molecule has 0 amide bonds. The molecule has 0 aromatic carbocycles. The molecule has 18 heavy (non-hydrogen) atoms. The van der Waals surface area contributed by atoms with Crippen molar-refractivity contribution in [2.75, 3.05) is 18.1 Å². The van der Waals surface area contributed by atoms with Gasteiger partial charge in [0.25, 0.3) is 0 Å². The first-order valence-electron chi connectivity index (χ1n) is 7.41. The highest BCUT2D eigenvalue weighted by Gasteiger charge is 2.47. The van der Waals surface area contributed by atoms with E-state index in [1.165, 1.54) is 19.3 Å². The second-order valence-electron chi connectivity index (χ2n) is 7.15. The molecule has 3 saturated carbocycles.